The van der Waals surface area contributed by atoms with Crippen LogP contribution < -0.4 is 9.80 Å². The van der Waals surface area contributed by atoms with Gasteiger partial charge in [-0.2, -0.15) is 26.3 Å². The summed E-state index contributed by atoms with van der Waals surface area (Å²) >= 11 is 0. The molecule has 0 aliphatic heterocycles. The number of aryl methyl sites for hydroxylation is 2. The van der Waals surface area contributed by atoms with Gasteiger partial charge in [-0.25, -0.2) is 0 Å². The van der Waals surface area contributed by atoms with Crippen molar-refractivity contribution in [2.75, 3.05) is 9.80 Å². The number of benzene rings is 9. The summed E-state index contributed by atoms with van der Waals surface area (Å²) in [7, 11) is 0. The van der Waals surface area contributed by atoms with E-state index in [9.17, 15) is 26.3 Å². The summed E-state index contributed by atoms with van der Waals surface area (Å²) in [5.74, 6) is 0. The lowest BCUT2D eigenvalue weighted by atomic mass is 9.70. The van der Waals surface area contributed by atoms with Crippen molar-refractivity contribution >= 4 is 44.9 Å². The fraction of sp³-hybridized carbons (Fsp3) is 0.0877. The first kappa shape index (κ1) is 40.2. The van der Waals surface area contributed by atoms with Gasteiger partial charge in [-0.1, -0.05) is 84.9 Å². The molecule has 65 heavy (non-hydrogen) atoms. The smallest absolute Gasteiger partial charge is 0.310 e. The van der Waals surface area contributed by atoms with Gasteiger partial charge in [0, 0.05) is 34.1 Å². The van der Waals surface area contributed by atoms with Crippen molar-refractivity contribution in [3.63, 3.8) is 0 Å². The Bertz CT molecular complexity index is 3280. The quantitative estimate of drug-likeness (QED) is 0.154. The van der Waals surface area contributed by atoms with Gasteiger partial charge in [0.2, 0.25) is 0 Å². The molecule has 318 valence electrons. The van der Waals surface area contributed by atoms with Crippen LogP contribution in [0, 0.1) is 13.8 Å². The predicted molar refractivity (Wildman–Crippen MR) is 249 cm³/mol. The van der Waals surface area contributed by atoms with Gasteiger partial charge in [0.15, 0.2) is 0 Å². The highest BCUT2D eigenvalue weighted by molar-refractivity contribution is 6.02. The molecule has 0 amide bonds. The van der Waals surface area contributed by atoms with E-state index < -0.39 is 28.9 Å². The average molecular weight is 865 g/mol. The molecule has 0 saturated carbocycles. The molecule has 0 saturated heterocycles. The largest absolute Gasteiger partial charge is 0.416 e. The zero-order chi connectivity index (χ0) is 44.8. The first-order valence-corrected chi connectivity index (χ1v) is 21.3. The molecule has 0 unspecified atom stereocenters. The summed E-state index contributed by atoms with van der Waals surface area (Å²) < 4.78 is 82.8. The highest BCUT2D eigenvalue weighted by Crippen LogP contribution is 2.64. The maximum absolute atomic E-state index is 13.8. The molecular weight excluding hydrogens is 827 g/mol. The molecule has 11 rings (SSSR count). The minimum absolute atomic E-state index is 0.588. The maximum Gasteiger partial charge on any atom is 0.416 e. The summed E-state index contributed by atoms with van der Waals surface area (Å²) in [5.41, 5.74) is 12.9. The summed E-state index contributed by atoms with van der Waals surface area (Å²) in [6, 6.07) is 60.4. The Morgan fingerprint density at radius 2 is 0.754 bits per heavy atom. The minimum Gasteiger partial charge on any atom is -0.310 e. The van der Waals surface area contributed by atoms with E-state index in [0.717, 1.165) is 113 Å². The normalized spacial score (nSPS) is 13.4. The van der Waals surface area contributed by atoms with Gasteiger partial charge < -0.3 is 9.80 Å². The third kappa shape index (κ3) is 6.49. The van der Waals surface area contributed by atoms with Crippen LogP contribution in [0.1, 0.15) is 44.5 Å². The van der Waals surface area contributed by atoms with Crippen LogP contribution in [0.3, 0.4) is 0 Å². The number of hydrogen-bond donors (Lipinski definition) is 0. The average Bonchev–Trinajstić information content (AvgIpc) is 3.75. The predicted octanol–water partition coefficient (Wildman–Crippen LogP) is 16.8. The Morgan fingerprint density at radius 1 is 0.323 bits per heavy atom. The number of alkyl halides is 6. The summed E-state index contributed by atoms with van der Waals surface area (Å²) in [4.78, 5) is 4.00. The number of rotatable bonds is 6. The standard InChI is InChI=1S/C57H38F6N2/c1-35-9-7-11-43(29-35)64(41-23-18-39(19-24-41)56(58,59)60)45-22-17-37-32-50-49-28-27-46(65(44-12-8-10-36(2)30-44)42-25-20-40(21-26-42)57(61,62)63)34-54(49)55(53(50)33-38(37)31-45)51-15-5-3-13-47(51)48-14-4-6-16-52(48)55/h3-34H,1-2H3. The molecule has 8 heteroatoms. The molecule has 0 radical (unpaired) electrons. The van der Waals surface area contributed by atoms with E-state index in [1.165, 1.54) is 24.3 Å². The second-order valence-corrected chi connectivity index (χ2v) is 16.9. The van der Waals surface area contributed by atoms with Crippen molar-refractivity contribution in [3.8, 4) is 22.3 Å². The lowest BCUT2D eigenvalue weighted by Crippen LogP contribution is -2.26. The number of hydrogen-bond acceptors (Lipinski definition) is 2. The molecule has 2 aliphatic rings. The Hall–Kier alpha value is -7.58. The number of fused-ring (bicyclic) bond motifs is 11. The van der Waals surface area contributed by atoms with Gasteiger partial charge in [-0.3, -0.25) is 0 Å². The van der Waals surface area contributed by atoms with Crippen LogP contribution in [0.2, 0.25) is 0 Å². The van der Waals surface area contributed by atoms with Crippen LogP contribution >= 0.6 is 0 Å². The van der Waals surface area contributed by atoms with Gasteiger partial charge in [0.05, 0.1) is 16.5 Å². The van der Waals surface area contributed by atoms with Crippen molar-refractivity contribution in [3.05, 3.63) is 239 Å². The summed E-state index contributed by atoms with van der Waals surface area (Å²) in [6.45, 7) is 3.98. The zero-order valence-electron chi connectivity index (χ0n) is 35.1. The molecule has 2 nitrogen and oxygen atoms in total. The van der Waals surface area contributed by atoms with Gasteiger partial charge in [-0.15, -0.1) is 0 Å². The molecular formula is C57H38F6N2. The van der Waals surface area contributed by atoms with Crippen LogP contribution in [-0.4, -0.2) is 0 Å². The van der Waals surface area contributed by atoms with Crippen LogP contribution in [0.25, 0.3) is 33.0 Å². The van der Waals surface area contributed by atoms with E-state index in [1.54, 1.807) is 0 Å². The van der Waals surface area contributed by atoms with E-state index in [1.807, 2.05) is 84.3 Å². The number of nitrogens with zero attached hydrogens (tertiary/aromatic N) is 2. The molecule has 0 atom stereocenters. The summed E-state index contributed by atoms with van der Waals surface area (Å²) in [6.07, 6.45) is -8.95. The highest BCUT2D eigenvalue weighted by atomic mass is 19.4. The Labute approximate surface area is 372 Å². The molecule has 0 N–H and O–H groups in total. The van der Waals surface area contributed by atoms with E-state index in [4.69, 9.17) is 0 Å². The van der Waals surface area contributed by atoms with E-state index in [0.29, 0.717) is 11.4 Å². The maximum atomic E-state index is 13.8. The van der Waals surface area contributed by atoms with Crippen LogP contribution in [-0.2, 0) is 17.8 Å². The molecule has 9 aromatic carbocycles. The number of anilines is 6. The van der Waals surface area contributed by atoms with Crippen molar-refractivity contribution in [1.82, 2.24) is 0 Å². The Kier molecular flexibility index (Phi) is 9.12. The van der Waals surface area contributed by atoms with Gasteiger partial charge in [0.1, 0.15) is 0 Å². The Morgan fingerprint density at radius 3 is 1.26 bits per heavy atom. The van der Waals surface area contributed by atoms with Gasteiger partial charge in [-0.05, 0) is 189 Å². The zero-order valence-corrected chi connectivity index (χ0v) is 35.1. The SMILES string of the molecule is Cc1cccc(N(c2ccc(C(F)(F)F)cc2)c2ccc3c(c2)C2(c4ccccc4-c4ccccc42)c2cc4cc(N(c5ccc(C(F)(F)F)cc5)c5cccc(C)c5)ccc4cc2-3)c1. The van der Waals surface area contributed by atoms with E-state index >= 15 is 0 Å². The molecule has 0 heterocycles. The molecule has 0 bridgehead atoms. The van der Waals surface area contributed by atoms with Crippen LogP contribution in [0.4, 0.5) is 60.5 Å². The second kappa shape index (κ2) is 14.7. The van der Waals surface area contributed by atoms with E-state index in [-0.39, 0.29) is 0 Å². The van der Waals surface area contributed by atoms with Crippen LogP contribution in [0.5, 0.6) is 0 Å². The van der Waals surface area contributed by atoms with Crippen molar-refractivity contribution in [2.45, 2.75) is 31.6 Å². The van der Waals surface area contributed by atoms with Crippen molar-refractivity contribution in [2.24, 2.45) is 0 Å². The molecule has 2 aliphatic carbocycles. The highest BCUT2D eigenvalue weighted by Gasteiger charge is 2.52. The first-order valence-electron chi connectivity index (χ1n) is 21.3. The third-order valence-corrected chi connectivity index (χ3v) is 13.0. The first-order chi connectivity index (χ1) is 31.3. The van der Waals surface area contributed by atoms with Crippen LogP contribution in [0.15, 0.2) is 194 Å². The molecule has 0 aromatic heterocycles. The molecule has 1 spiro atoms. The minimum atomic E-state index is -4.48. The Balaban J connectivity index is 1.14. The third-order valence-electron chi connectivity index (χ3n) is 13.0. The van der Waals surface area contributed by atoms with Gasteiger partial charge >= 0.3 is 12.4 Å². The lowest BCUT2D eigenvalue weighted by molar-refractivity contribution is -0.138. The fourth-order valence-electron chi connectivity index (χ4n) is 10.2. The number of halogens is 6. The topological polar surface area (TPSA) is 6.48 Å². The summed E-state index contributed by atoms with van der Waals surface area (Å²) in [5, 5.41) is 1.94. The molecule has 9 aromatic rings. The second-order valence-electron chi connectivity index (χ2n) is 16.9. The van der Waals surface area contributed by atoms with Crippen molar-refractivity contribution < 1.29 is 26.3 Å². The fourth-order valence-corrected chi connectivity index (χ4v) is 10.2. The lowest BCUT2D eigenvalue weighted by Gasteiger charge is -2.32. The van der Waals surface area contributed by atoms with Gasteiger partial charge in [0.25, 0.3) is 0 Å². The van der Waals surface area contributed by atoms with E-state index in [2.05, 4.69) is 84.9 Å². The van der Waals surface area contributed by atoms with Crippen molar-refractivity contribution in [1.29, 1.82) is 0 Å². The molecule has 0 fully saturated rings. The monoisotopic (exact) mass is 864 g/mol.